The van der Waals surface area contributed by atoms with Crippen molar-refractivity contribution >= 4 is 17.4 Å². The van der Waals surface area contributed by atoms with Gasteiger partial charge in [-0.25, -0.2) is 9.97 Å². The van der Waals surface area contributed by atoms with Crippen LogP contribution in [0.2, 0.25) is 0 Å². The number of carbonyl (C=O) groups excluding carboxylic acids is 1. The third-order valence-electron chi connectivity index (χ3n) is 4.85. The Kier molecular flexibility index (Phi) is 4.93. The summed E-state index contributed by atoms with van der Waals surface area (Å²) >= 11 is 0. The van der Waals surface area contributed by atoms with Crippen LogP contribution in [0, 0.1) is 5.92 Å². The van der Waals surface area contributed by atoms with Gasteiger partial charge in [0, 0.05) is 36.3 Å². The average molecular weight is 349 g/mol. The van der Waals surface area contributed by atoms with Crippen LogP contribution in [0.15, 0.2) is 48.9 Å². The molecule has 1 aliphatic heterocycles. The monoisotopic (exact) mass is 349 g/mol. The molecule has 2 aromatic heterocycles. The van der Waals surface area contributed by atoms with Gasteiger partial charge in [-0.3, -0.25) is 9.20 Å². The second kappa shape index (κ2) is 7.66. The number of benzene rings is 1. The maximum Gasteiger partial charge on any atom is 0.234 e. The SMILES string of the molecule is O=C(CC1CCCNCC1)Nc1cccc(-c2cn3cccnc3n2)c1. The smallest absolute Gasteiger partial charge is 0.234 e. The number of amides is 1. The van der Waals surface area contributed by atoms with Crippen molar-refractivity contribution in [3.05, 3.63) is 48.9 Å². The van der Waals surface area contributed by atoms with Gasteiger partial charge in [0.1, 0.15) is 0 Å². The lowest BCUT2D eigenvalue weighted by Crippen LogP contribution is -2.18. The number of aromatic nitrogens is 3. The Bertz CT molecular complexity index is 863. The molecule has 1 saturated heterocycles. The Hall–Kier alpha value is -2.73. The van der Waals surface area contributed by atoms with Crippen LogP contribution in [-0.2, 0) is 4.79 Å². The minimum atomic E-state index is 0.0886. The van der Waals surface area contributed by atoms with Crippen molar-refractivity contribution in [3.63, 3.8) is 0 Å². The zero-order chi connectivity index (χ0) is 17.8. The molecule has 0 radical (unpaired) electrons. The quantitative estimate of drug-likeness (QED) is 0.759. The van der Waals surface area contributed by atoms with E-state index in [4.69, 9.17) is 0 Å². The molecule has 1 fully saturated rings. The van der Waals surface area contributed by atoms with E-state index >= 15 is 0 Å². The number of rotatable bonds is 4. The van der Waals surface area contributed by atoms with E-state index < -0.39 is 0 Å². The highest BCUT2D eigenvalue weighted by Gasteiger charge is 2.16. The zero-order valence-corrected chi connectivity index (χ0v) is 14.7. The second-order valence-corrected chi connectivity index (χ2v) is 6.83. The maximum absolute atomic E-state index is 12.4. The third kappa shape index (κ3) is 3.91. The first-order chi connectivity index (χ1) is 12.8. The largest absolute Gasteiger partial charge is 0.326 e. The maximum atomic E-state index is 12.4. The van der Waals surface area contributed by atoms with Gasteiger partial charge in [0.2, 0.25) is 11.7 Å². The zero-order valence-electron chi connectivity index (χ0n) is 14.7. The minimum Gasteiger partial charge on any atom is -0.326 e. The predicted octanol–water partition coefficient (Wildman–Crippen LogP) is 3.11. The van der Waals surface area contributed by atoms with E-state index in [1.165, 1.54) is 0 Å². The van der Waals surface area contributed by atoms with E-state index in [1.54, 1.807) is 6.20 Å². The predicted molar refractivity (Wildman–Crippen MR) is 102 cm³/mol. The molecule has 6 heteroatoms. The molecule has 1 unspecified atom stereocenters. The fourth-order valence-electron chi connectivity index (χ4n) is 3.49. The van der Waals surface area contributed by atoms with E-state index in [9.17, 15) is 4.79 Å². The molecule has 1 aromatic carbocycles. The number of hydrogen-bond donors (Lipinski definition) is 2. The van der Waals surface area contributed by atoms with Gasteiger partial charge in [0.15, 0.2) is 0 Å². The highest BCUT2D eigenvalue weighted by Crippen LogP contribution is 2.23. The second-order valence-electron chi connectivity index (χ2n) is 6.83. The van der Waals surface area contributed by atoms with E-state index in [0.717, 1.165) is 49.3 Å². The lowest BCUT2D eigenvalue weighted by atomic mass is 9.96. The molecule has 1 aliphatic rings. The lowest BCUT2D eigenvalue weighted by Gasteiger charge is -2.13. The Morgan fingerprint density at radius 1 is 1.27 bits per heavy atom. The van der Waals surface area contributed by atoms with Gasteiger partial charge in [-0.2, -0.15) is 0 Å². The van der Waals surface area contributed by atoms with Gasteiger partial charge in [0.05, 0.1) is 5.69 Å². The van der Waals surface area contributed by atoms with Crippen molar-refractivity contribution in [2.45, 2.75) is 25.7 Å². The summed E-state index contributed by atoms with van der Waals surface area (Å²) in [4.78, 5) is 21.2. The first-order valence-corrected chi connectivity index (χ1v) is 9.19. The fourth-order valence-corrected chi connectivity index (χ4v) is 3.49. The molecule has 0 bridgehead atoms. The minimum absolute atomic E-state index is 0.0886. The normalized spacial score (nSPS) is 17.8. The summed E-state index contributed by atoms with van der Waals surface area (Å²) in [7, 11) is 0. The van der Waals surface area contributed by atoms with E-state index in [1.807, 2.05) is 47.1 Å². The van der Waals surface area contributed by atoms with Crippen molar-refractivity contribution in [1.29, 1.82) is 0 Å². The fraction of sp³-hybridized carbons (Fsp3) is 0.350. The van der Waals surface area contributed by atoms with Gasteiger partial charge >= 0.3 is 0 Å². The van der Waals surface area contributed by atoms with E-state index in [2.05, 4.69) is 20.6 Å². The first kappa shape index (κ1) is 16.7. The Labute approximate surface area is 152 Å². The molecule has 0 saturated carbocycles. The first-order valence-electron chi connectivity index (χ1n) is 9.19. The molecule has 3 heterocycles. The number of nitrogens with zero attached hydrogens (tertiary/aromatic N) is 3. The van der Waals surface area contributed by atoms with Crippen molar-refractivity contribution in [2.75, 3.05) is 18.4 Å². The van der Waals surface area contributed by atoms with Crippen LogP contribution in [-0.4, -0.2) is 33.4 Å². The molecular formula is C20H23N5O. The van der Waals surface area contributed by atoms with Gasteiger partial charge in [0.25, 0.3) is 0 Å². The molecule has 1 atom stereocenters. The molecule has 6 nitrogen and oxygen atoms in total. The summed E-state index contributed by atoms with van der Waals surface area (Å²) in [5.41, 5.74) is 2.62. The summed E-state index contributed by atoms with van der Waals surface area (Å²) in [5.74, 6) is 1.22. The number of fused-ring (bicyclic) bond motifs is 1. The summed E-state index contributed by atoms with van der Waals surface area (Å²) < 4.78 is 1.89. The molecule has 2 N–H and O–H groups in total. The summed E-state index contributed by atoms with van der Waals surface area (Å²) in [6.45, 7) is 2.07. The number of nitrogens with one attached hydrogen (secondary N) is 2. The van der Waals surface area contributed by atoms with Crippen LogP contribution in [0.1, 0.15) is 25.7 Å². The molecule has 0 spiro atoms. The van der Waals surface area contributed by atoms with E-state index in [-0.39, 0.29) is 5.91 Å². The molecule has 26 heavy (non-hydrogen) atoms. The van der Waals surface area contributed by atoms with Crippen molar-refractivity contribution in [3.8, 4) is 11.3 Å². The van der Waals surface area contributed by atoms with Crippen LogP contribution in [0.5, 0.6) is 0 Å². The Balaban J connectivity index is 1.46. The summed E-state index contributed by atoms with van der Waals surface area (Å²) in [6, 6.07) is 9.70. The van der Waals surface area contributed by atoms with Crippen LogP contribution in [0.3, 0.4) is 0 Å². The highest BCUT2D eigenvalue weighted by molar-refractivity contribution is 5.91. The van der Waals surface area contributed by atoms with Gasteiger partial charge in [-0.15, -0.1) is 0 Å². The van der Waals surface area contributed by atoms with Crippen LogP contribution < -0.4 is 10.6 Å². The Morgan fingerprint density at radius 2 is 2.23 bits per heavy atom. The summed E-state index contributed by atoms with van der Waals surface area (Å²) in [6.07, 6.45) is 9.52. The van der Waals surface area contributed by atoms with Crippen LogP contribution >= 0.6 is 0 Å². The summed E-state index contributed by atoms with van der Waals surface area (Å²) in [5, 5.41) is 6.43. The molecule has 0 aliphatic carbocycles. The van der Waals surface area contributed by atoms with Crippen molar-refractivity contribution in [1.82, 2.24) is 19.7 Å². The van der Waals surface area contributed by atoms with Crippen molar-refractivity contribution < 1.29 is 4.79 Å². The third-order valence-corrected chi connectivity index (χ3v) is 4.85. The molecule has 134 valence electrons. The molecule has 1 amide bonds. The van der Waals surface area contributed by atoms with Gasteiger partial charge in [-0.05, 0) is 56.5 Å². The van der Waals surface area contributed by atoms with Crippen LogP contribution in [0.25, 0.3) is 17.0 Å². The molecular weight excluding hydrogens is 326 g/mol. The average Bonchev–Trinajstić information content (AvgIpc) is 2.93. The lowest BCUT2D eigenvalue weighted by molar-refractivity contribution is -0.117. The molecule has 3 aromatic rings. The number of hydrogen-bond acceptors (Lipinski definition) is 4. The van der Waals surface area contributed by atoms with Crippen molar-refractivity contribution in [2.24, 2.45) is 5.92 Å². The van der Waals surface area contributed by atoms with Gasteiger partial charge < -0.3 is 10.6 Å². The number of carbonyl (C=O) groups is 1. The van der Waals surface area contributed by atoms with E-state index in [0.29, 0.717) is 18.1 Å². The highest BCUT2D eigenvalue weighted by atomic mass is 16.1. The van der Waals surface area contributed by atoms with Crippen LogP contribution in [0.4, 0.5) is 5.69 Å². The topological polar surface area (TPSA) is 71.3 Å². The number of anilines is 1. The molecule has 4 rings (SSSR count). The standard InChI is InChI=1S/C20H23N5O/c26-19(12-15-4-2-8-21-10-7-15)23-17-6-1-5-16(13-17)18-14-25-11-3-9-22-20(25)24-18/h1,3,5-6,9,11,13-15,21H,2,4,7-8,10,12H2,(H,23,26). The van der Waals surface area contributed by atoms with Gasteiger partial charge in [-0.1, -0.05) is 12.1 Å². The number of imidazole rings is 1. The Morgan fingerprint density at radius 3 is 3.15 bits per heavy atom.